The van der Waals surface area contributed by atoms with Gasteiger partial charge in [-0.15, -0.1) is 0 Å². The first kappa shape index (κ1) is 18.5. The van der Waals surface area contributed by atoms with Crippen LogP contribution < -0.4 is 5.73 Å². The average molecular weight is 437 g/mol. The fourth-order valence-electron chi connectivity index (χ4n) is 3.93. The van der Waals surface area contributed by atoms with Gasteiger partial charge in [-0.05, 0) is 43.1 Å². The van der Waals surface area contributed by atoms with Crippen molar-refractivity contribution in [3.63, 3.8) is 0 Å². The van der Waals surface area contributed by atoms with Crippen molar-refractivity contribution in [3.05, 3.63) is 16.5 Å². The molecule has 27 heavy (non-hydrogen) atoms. The first-order valence-corrected chi connectivity index (χ1v) is 10.0. The number of likely N-dealkylation sites (tertiary alicyclic amines) is 1. The second kappa shape index (κ2) is 6.63. The second-order valence-corrected chi connectivity index (χ2v) is 9.00. The minimum atomic E-state index is -0.465. The molecule has 0 bridgehead atoms. The third-order valence-corrected chi connectivity index (χ3v) is 6.06. The van der Waals surface area contributed by atoms with E-state index < -0.39 is 5.60 Å². The number of carbonyl (C=O) groups is 1. The van der Waals surface area contributed by atoms with Gasteiger partial charge in [0.1, 0.15) is 23.4 Å². The number of nitrogens with two attached hydrogens (primary N) is 1. The van der Waals surface area contributed by atoms with Crippen LogP contribution in [0.2, 0.25) is 0 Å². The molecule has 0 spiro atoms. The number of anilines is 1. The SMILES string of the molecule is CC(C)(C)OC(=O)N1CCC(N2CCn3c(c(Br)c4c(N)ncnc43)C2)C1. The number of fused-ring (bicyclic) bond motifs is 3. The number of hydrogen-bond acceptors (Lipinski definition) is 6. The summed E-state index contributed by atoms with van der Waals surface area (Å²) < 4.78 is 8.70. The summed E-state index contributed by atoms with van der Waals surface area (Å²) in [5.41, 5.74) is 7.64. The van der Waals surface area contributed by atoms with Crippen molar-refractivity contribution in [2.45, 2.75) is 51.9 Å². The van der Waals surface area contributed by atoms with Crippen molar-refractivity contribution in [1.82, 2.24) is 24.3 Å². The van der Waals surface area contributed by atoms with Crippen molar-refractivity contribution < 1.29 is 9.53 Å². The molecule has 4 rings (SSSR count). The number of rotatable bonds is 1. The van der Waals surface area contributed by atoms with E-state index in [1.807, 2.05) is 25.7 Å². The summed E-state index contributed by atoms with van der Waals surface area (Å²) in [4.78, 5) is 25.1. The predicted octanol–water partition coefficient (Wildman–Crippen LogP) is 2.60. The van der Waals surface area contributed by atoms with Gasteiger partial charge in [0.2, 0.25) is 0 Å². The third-order valence-electron chi connectivity index (χ3n) is 5.21. The fourth-order valence-corrected chi connectivity index (χ4v) is 4.65. The predicted molar refractivity (Wildman–Crippen MR) is 106 cm³/mol. The number of nitrogen functional groups attached to an aromatic ring is 1. The maximum absolute atomic E-state index is 12.3. The van der Waals surface area contributed by atoms with Gasteiger partial charge in [0.25, 0.3) is 0 Å². The Bertz CT molecular complexity index is 890. The van der Waals surface area contributed by atoms with Gasteiger partial charge in [-0.25, -0.2) is 14.8 Å². The maximum atomic E-state index is 12.3. The molecule has 2 aliphatic rings. The van der Waals surface area contributed by atoms with Gasteiger partial charge >= 0.3 is 6.09 Å². The Labute approximate surface area is 166 Å². The van der Waals surface area contributed by atoms with Crippen LogP contribution in [0, 0.1) is 0 Å². The molecule has 0 saturated carbocycles. The number of aromatic nitrogens is 3. The highest BCUT2D eigenvalue weighted by Gasteiger charge is 2.35. The topological polar surface area (TPSA) is 89.5 Å². The van der Waals surface area contributed by atoms with E-state index in [0.717, 1.165) is 48.1 Å². The van der Waals surface area contributed by atoms with Gasteiger partial charge in [0.15, 0.2) is 0 Å². The summed E-state index contributed by atoms with van der Waals surface area (Å²) in [5.74, 6) is 0.497. The summed E-state index contributed by atoms with van der Waals surface area (Å²) in [5, 5.41) is 0.885. The van der Waals surface area contributed by atoms with Crippen molar-refractivity contribution in [3.8, 4) is 0 Å². The monoisotopic (exact) mass is 436 g/mol. The van der Waals surface area contributed by atoms with E-state index in [-0.39, 0.29) is 6.09 Å². The van der Waals surface area contributed by atoms with Crippen LogP contribution in [-0.4, -0.2) is 61.7 Å². The minimum absolute atomic E-state index is 0.222. The first-order valence-electron chi connectivity index (χ1n) is 9.23. The average Bonchev–Trinajstić information content (AvgIpc) is 3.18. The van der Waals surface area contributed by atoms with Crippen LogP contribution in [0.25, 0.3) is 11.0 Å². The zero-order valence-corrected chi connectivity index (χ0v) is 17.5. The lowest BCUT2D eigenvalue weighted by atomic mass is 10.2. The molecule has 146 valence electrons. The number of amides is 1. The Balaban J connectivity index is 1.50. The van der Waals surface area contributed by atoms with Gasteiger partial charge in [0.05, 0.1) is 9.86 Å². The van der Waals surface area contributed by atoms with E-state index in [2.05, 4.69) is 35.4 Å². The number of hydrogen-bond donors (Lipinski definition) is 1. The zero-order chi connectivity index (χ0) is 19.3. The molecule has 1 atom stereocenters. The van der Waals surface area contributed by atoms with E-state index in [1.165, 1.54) is 12.0 Å². The molecule has 0 aromatic carbocycles. The summed E-state index contributed by atoms with van der Waals surface area (Å²) in [6.45, 7) is 9.68. The molecule has 1 amide bonds. The lowest BCUT2D eigenvalue weighted by molar-refractivity contribution is 0.0276. The molecule has 2 aromatic heterocycles. The Morgan fingerprint density at radius 1 is 1.30 bits per heavy atom. The molecule has 1 unspecified atom stereocenters. The van der Waals surface area contributed by atoms with Crippen LogP contribution in [0.4, 0.5) is 10.6 Å². The van der Waals surface area contributed by atoms with E-state index >= 15 is 0 Å². The van der Waals surface area contributed by atoms with Gasteiger partial charge in [0, 0.05) is 44.5 Å². The van der Waals surface area contributed by atoms with Gasteiger partial charge in [-0.2, -0.15) is 0 Å². The summed E-state index contributed by atoms with van der Waals surface area (Å²) in [6.07, 6.45) is 2.25. The van der Waals surface area contributed by atoms with Gasteiger partial charge in [-0.3, -0.25) is 4.90 Å². The second-order valence-electron chi connectivity index (χ2n) is 8.21. The molecular weight excluding hydrogens is 412 g/mol. The molecule has 9 heteroatoms. The minimum Gasteiger partial charge on any atom is -0.444 e. The largest absolute Gasteiger partial charge is 0.444 e. The van der Waals surface area contributed by atoms with Crippen LogP contribution in [-0.2, 0) is 17.8 Å². The van der Waals surface area contributed by atoms with Crippen molar-refractivity contribution >= 4 is 38.9 Å². The quantitative estimate of drug-likeness (QED) is 0.738. The van der Waals surface area contributed by atoms with Crippen LogP contribution in [0.15, 0.2) is 10.8 Å². The lowest BCUT2D eigenvalue weighted by Gasteiger charge is -2.33. The summed E-state index contributed by atoms with van der Waals surface area (Å²) in [7, 11) is 0. The highest BCUT2D eigenvalue weighted by Crippen LogP contribution is 2.36. The Morgan fingerprint density at radius 3 is 2.81 bits per heavy atom. The normalized spacial score (nSPS) is 20.9. The number of ether oxygens (including phenoxy) is 1. The molecule has 0 radical (unpaired) electrons. The lowest BCUT2D eigenvalue weighted by Crippen LogP contribution is -2.43. The highest BCUT2D eigenvalue weighted by atomic mass is 79.9. The zero-order valence-electron chi connectivity index (χ0n) is 15.9. The maximum Gasteiger partial charge on any atom is 0.410 e. The molecular formula is C18H25BrN6O2. The fraction of sp³-hybridized carbons (Fsp3) is 0.611. The first-order chi connectivity index (χ1) is 12.7. The van der Waals surface area contributed by atoms with Crippen molar-refractivity contribution in [1.29, 1.82) is 0 Å². The molecule has 1 saturated heterocycles. The van der Waals surface area contributed by atoms with Crippen molar-refractivity contribution in [2.24, 2.45) is 0 Å². The van der Waals surface area contributed by atoms with E-state index in [0.29, 0.717) is 18.4 Å². The highest BCUT2D eigenvalue weighted by molar-refractivity contribution is 9.10. The Morgan fingerprint density at radius 2 is 2.07 bits per heavy atom. The van der Waals surface area contributed by atoms with Gasteiger partial charge < -0.3 is 19.9 Å². The molecule has 0 aliphatic carbocycles. The molecule has 4 heterocycles. The number of halogens is 1. The van der Waals surface area contributed by atoms with Crippen LogP contribution >= 0.6 is 15.9 Å². The summed E-state index contributed by atoms with van der Waals surface area (Å²) in [6, 6.07) is 0.333. The van der Waals surface area contributed by atoms with Crippen LogP contribution in [0.1, 0.15) is 32.9 Å². The molecule has 2 aromatic rings. The summed E-state index contributed by atoms with van der Waals surface area (Å²) >= 11 is 3.70. The Kier molecular flexibility index (Phi) is 4.54. The molecule has 2 aliphatic heterocycles. The number of nitrogens with zero attached hydrogens (tertiary/aromatic N) is 5. The third kappa shape index (κ3) is 3.38. The number of carbonyl (C=O) groups excluding carboxylic acids is 1. The van der Waals surface area contributed by atoms with Gasteiger partial charge in [-0.1, -0.05) is 0 Å². The molecule has 8 nitrogen and oxygen atoms in total. The van der Waals surface area contributed by atoms with Crippen molar-refractivity contribution in [2.75, 3.05) is 25.4 Å². The smallest absolute Gasteiger partial charge is 0.410 e. The standard InChI is InChI=1S/C18H25BrN6O2/c1-18(2,3)27-17(26)24-5-4-11(8-24)23-6-7-25-12(9-23)14(19)13-15(20)21-10-22-16(13)25/h10-11H,4-9H2,1-3H3,(H2,20,21,22). The van der Waals surface area contributed by atoms with E-state index in [9.17, 15) is 4.79 Å². The van der Waals surface area contributed by atoms with Crippen LogP contribution in [0.5, 0.6) is 0 Å². The Hall–Kier alpha value is -1.87. The van der Waals surface area contributed by atoms with Crippen LogP contribution in [0.3, 0.4) is 0 Å². The molecule has 1 fully saturated rings. The van der Waals surface area contributed by atoms with E-state index in [1.54, 1.807) is 0 Å². The molecule has 2 N–H and O–H groups in total. The van der Waals surface area contributed by atoms with E-state index in [4.69, 9.17) is 10.5 Å².